The first-order valence-electron chi connectivity index (χ1n) is 30.3. The van der Waals surface area contributed by atoms with Crippen molar-refractivity contribution in [3.05, 3.63) is 208 Å². The Labute approximate surface area is 473 Å². The van der Waals surface area contributed by atoms with Crippen molar-refractivity contribution < 1.29 is 8.83 Å². The zero-order chi connectivity index (χ0) is 54.7. The van der Waals surface area contributed by atoms with Gasteiger partial charge in [0.15, 0.2) is 0 Å². The van der Waals surface area contributed by atoms with Crippen LogP contribution in [0.15, 0.2) is 173 Å². The van der Waals surface area contributed by atoms with E-state index in [1.54, 1.807) is 0 Å². The zero-order valence-corrected chi connectivity index (χ0v) is 48.3. The van der Waals surface area contributed by atoms with Crippen molar-refractivity contribution >= 4 is 60.9 Å². The van der Waals surface area contributed by atoms with Gasteiger partial charge in [0, 0.05) is 66.0 Å². The van der Waals surface area contributed by atoms with Crippen molar-refractivity contribution in [2.24, 2.45) is 0 Å². The summed E-state index contributed by atoms with van der Waals surface area (Å²) >= 11 is 0. The molecule has 14 rings (SSSR count). The topological polar surface area (TPSA) is 29.5 Å². The molecular formula is C77H75NO2. The van der Waals surface area contributed by atoms with Gasteiger partial charge in [0.2, 0.25) is 0 Å². The number of fused-ring (bicyclic) bond motifs is 19. The van der Waals surface area contributed by atoms with Gasteiger partial charge in [-0.3, -0.25) is 0 Å². The van der Waals surface area contributed by atoms with Crippen LogP contribution in [-0.4, -0.2) is 0 Å². The summed E-state index contributed by atoms with van der Waals surface area (Å²) < 4.78 is 14.1. The van der Waals surface area contributed by atoms with Gasteiger partial charge >= 0.3 is 0 Å². The fourth-order valence-corrected chi connectivity index (χ4v) is 15.7. The molecule has 0 amide bonds. The third kappa shape index (κ3) is 7.51. The molecule has 11 aromatic rings. The number of unbranched alkanes of at least 4 members (excludes halogenated alkanes) is 8. The van der Waals surface area contributed by atoms with Gasteiger partial charge in [0.1, 0.15) is 22.3 Å². The molecule has 0 saturated carbocycles. The Kier molecular flexibility index (Phi) is 12.2. The maximum absolute atomic E-state index is 7.07. The molecule has 0 bridgehead atoms. The molecule has 0 atom stereocenters. The Bertz CT molecular complexity index is 4240. The summed E-state index contributed by atoms with van der Waals surface area (Å²) in [6, 6.07) is 62.3. The van der Waals surface area contributed by atoms with Gasteiger partial charge in [-0.1, -0.05) is 227 Å². The Morgan fingerprint density at radius 2 is 0.950 bits per heavy atom. The van der Waals surface area contributed by atoms with Crippen molar-refractivity contribution in [1.82, 2.24) is 0 Å². The molecule has 2 heterocycles. The highest BCUT2D eigenvalue weighted by Gasteiger charge is 2.49. The predicted octanol–water partition coefficient (Wildman–Crippen LogP) is 22.8. The summed E-state index contributed by atoms with van der Waals surface area (Å²) in [6.07, 6.45) is 14.7. The van der Waals surface area contributed by atoms with Crippen molar-refractivity contribution in [2.75, 3.05) is 4.90 Å². The smallest absolute Gasteiger partial charge is 0.144 e. The zero-order valence-electron chi connectivity index (χ0n) is 48.3. The minimum atomic E-state index is -0.329. The van der Waals surface area contributed by atoms with Crippen LogP contribution in [0.2, 0.25) is 0 Å². The number of hydrogen-bond acceptors (Lipinski definition) is 3. The van der Waals surface area contributed by atoms with Gasteiger partial charge in [-0.05, 0) is 148 Å². The monoisotopic (exact) mass is 1050 g/mol. The lowest BCUT2D eigenvalue weighted by atomic mass is 9.70. The lowest BCUT2D eigenvalue weighted by Gasteiger charge is -2.35. The standard InChI is InChI=1S/C77H75NO2/c1-9-11-13-15-26-42-77(43-27-16-14-12-10-2)61-46-52(38-40-55(61)66-62(77)47-58(50-28-18-17-19-29-50)73-68(66)56-31-21-24-34-64(56)79-73)78(63-41-36-48(3)44-49(63)4)51-37-39-54-60(45-51)76(7,8)71-67(54)69-57-32-22-25-35-65(57)80-74(69)70-53-30-20-23-33-59(53)75(5,6)72(70)71/h17-25,28-41,44-47H,9-16,26-27,42-43H2,1-8H3. The van der Waals surface area contributed by atoms with Gasteiger partial charge < -0.3 is 13.7 Å². The van der Waals surface area contributed by atoms with Crippen LogP contribution in [0.4, 0.5) is 17.1 Å². The molecule has 3 aliphatic carbocycles. The number of anilines is 3. The van der Waals surface area contributed by atoms with E-state index < -0.39 is 0 Å². The third-order valence-corrected chi connectivity index (χ3v) is 19.4. The quantitative estimate of drug-likeness (QED) is 0.0903. The number of furan rings is 2. The lowest BCUT2D eigenvalue weighted by molar-refractivity contribution is 0.399. The predicted molar refractivity (Wildman–Crippen MR) is 339 cm³/mol. The second-order valence-corrected chi connectivity index (χ2v) is 25.1. The number of hydrogen-bond donors (Lipinski definition) is 0. The number of aryl methyl sites for hydroxylation is 2. The highest BCUT2D eigenvalue weighted by molar-refractivity contribution is 6.21. The second-order valence-electron chi connectivity index (χ2n) is 25.1. The molecule has 2 aromatic heterocycles. The molecule has 0 radical (unpaired) electrons. The summed E-state index contributed by atoms with van der Waals surface area (Å²) in [7, 11) is 0. The summed E-state index contributed by atoms with van der Waals surface area (Å²) in [5.41, 5.74) is 28.1. The van der Waals surface area contributed by atoms with Crippen LogP contribution in [0.25, 0.3) is 88.4 Å². The first kappa shape index (κ1) is 50.6. The SMILES string of the molecule is CCCCCCCC1(CCCCCCC)c2cc(N(c3ccc4c(c3)C(C)(C)c3c5c(c6oc7ccccc7c6c3-4)-c3ccccc3C5(C)C)c3ccc(C)cc3C)ccc2-c2c1cc(-c1ccccc1)c1oc3ccccc3c21. The molecule has 3 aliphatic rings. The van der Waals surface area contributed by atoms with Crippen LogP contribution in [0, 0.1) is 13.8 Å². The average Bonchev–Trinajstić information content (AvgIpc) is 4.43. The van der Waals surface area contributed by atoms with Gasteiger partial charge in [0.25, 0.3) is 0 Å². The first-order valence-corrected chi connectivity index (χ1v) is 30.3. The van der Waals surface area contributed by atoms with Crippen molar-refractivity contribution in [2.45, 2.75) is 149 Å². The van der Waals surface area contributed by atoms with Gasteiger partial charge in [-0.2, -0.15) is 0 Å². The van der Waals surface area contributed by atoms with Crippen LogP contribution >= 0.6 is 0 Å². The minimum Gasteiger partial charge on any atom is -0.455 e. The van der Waals surface area contributed by atoms with Crippen LogP contribution in [0.1, 0.15) is 163 Å². The maximum atomic E-state index is 7.07. The Morgan fingerprint density at radius 1 is 0.412 bits per heavy atom. The number of rotatable bonds is 16. The van der Waals surface area contributed by atoms with E-state index in [9.17, 15) is 0 Å². The summed E-state index contributed by atoms with van der Waals surface area (Å²) in [5.74, 6) is 0. The molecular weight excluding hydrogens is 971 g/mol. The highest BCUT2D eigenvalue weighted by Crippen LogP contribution is 2.65. The maximum Gasteiger partial charge on any atom is 0.144 e. The lowest BCUT2D eigenvalue weighted by Crippen LogP contribution is -2.26. The van der Waals surface area contributed by atoms with Crippen molar-refractivity contribution in [3.63, 3.8) is 0 Å². The van der Waals surface area contributed by atoms with Gasteiger partial charge in [0.05, 0.1) is 0 Å². The largest absolute Gasteiger partial charge is 0.455 e. The van der Waals surface area contributed by atoms with E-state index in [0.717, 1.165) is 35.2 Å². The van der Waals surface area contributed by atoms with E-state index in [4.69, 9.17) is 8.83 Å². The average molecular weight is 1050 g/mol. The number of para-hydroxylation sites is 2. The summed E-state index contributed by atoms with van der Waals surface area (Å²) in [6.45, 7) is 19.0. The number of nitrogens with zero attached hydrogens (tertiary/aromatic N) is 1. The molecule has 0 aliphatic heterocycles. The fourth-order valence-electron chi connectivity index (χ4n) is 15.7. The first-order chi connectivity index (χ1) is 39.0. The van der Waals surface area contributed by atoms with E-state index in [0.29, 0.717) is 0 Å². The highest BCUT2D eigenvalue weighted by atomic mass is 16.3. The molecule has 3 nitrogen and oxygen atoms in total. The van der Waals surface area contributed by atoms with Gasteiger partial charge in [-0.15, -0.1) is 0 Å². The minimum absolute atomic E-state index is 0.200. The molecule has 0 saturated heterocycles. The van der Waals surface area contributed by atoms with Gasteiger partial charge in [-0.25, -0.2) is 0 Å². The summed E-state index contributed by atoms with van der Waals surface area (Å²) in [4.78, 5) is 2.61. The molecule has 0 spiro atoms. The fraction of sp³-hybridized carbons (Fsp3) is 0.299. The second kappa shape index (κ2) is 19.3. The van der Waals surface area contributed by atoms with Crippen LogP contribution < -0.4 is 4.90 Å². The van der Waals surface area contributed by atoms with E-state index in [1.807, 2.05) is 0 Å². The Balaban J connectivity index is 1.01. The molecule has 0 N–H and O–H groups in total. The molecule has 400 valence electrons. The Hall–Kier alpha value is -7.62. The Morgan fingerprint density at radius 3 is 1.61 bits per heavy atom. The van der Waals surface area contributed by atoms with E-state index >= 15 is 0 Å². The normalized spacial score (nSPS) is 14.9. The van der Waals surface area contributed by atoms with Crippen molar-refractivity contribution in [1.29, 1.82) is 0 Å². The van der Waals surface area contributed by atoms with Crippen LogP contribution in [-0.2, 0) is 16.2 Å². The summed E-state index contributed by atoms with van der Waals surface area (Å²) in [5, 5.41) is 4.88. The molecule has 3 heteroatoms. The molecule has 0 fully saturated rings. The van der Waals surface area contributed by atoms with Crippen LogP contribution in [0.3, 0.4) is 0 Å². The molecule has 80 heavy (non-hydrogen) atoms. The molecule has 9 aromatic carbocycles. The van der Waals surface area contributed by atoms with E-state index in [1.165, 1.54) is 192 Å². The van der Waals surface area contributed by atoms with Crippen molar-refractivity contribution in [3.8, 4) is 44.5 Å². The van der Waals surface area contributed by atoms with Crippen LogP contribution in [0.5, 0.6) is 0 Å². The number of benzene rings is 9. The van der Waals surface area contributed by atoms with E-state index in [-0.39, 0.29) is 16.2 Å². The third-order valence-electron chi connectivity index (χ3n) is 19.4. The molecule has 0 unspecified atom stereocenters. The van der Waals surface area contributed by atoms with E-state index in [2.05, 4.69) is 224 Å².